The number of thioether (sulfide) groups is 1. The van der Waals surface area contributed by atoms with Crippen molar-refractivity contribution in [2.75, 3.05) is 6.61 Å². The predicted molar refractivity (Wildman–Crippen MR) is 88.8 cm³/mol. The highest BCUT2D eigenvalue weighted by Gasteiger charge is 2.06. The van der Waals surface area contributed by atoms with Crippen molar-refractivity contribution in [3.8, 4) is 0 Å². The third kappa shape index (κ3) is 5.12. The molecule has 0 heterocycles. The first-order valence-corrected chi connectivity index (χ1v) is 7.88. The summed E-state index contributed by atoms with van der Waals surface area (Å²) in [6.07, 6.45) is 1.58. The summed E-state index contributed by atoms with van der Waals surface area (Å²) in [5.74, 6) is 0.526. The largest absolute Gasteiger partial charge is 0.463 e. The van der Waals surface area contributed by atoms with Crippen molar-refractivity contribution in [2.24, 2.45) is 0 Å². The van der Waals surface area contributed by atoms with E-state index in [4.69, 9.17) is 4.74 Å². The van der Waals surface area contributed by atoms with Gasteiger partial charge in [-0.15, -0.1) is 11.8 Å². The average Bonchev–Trinajstić information content (AvgIpc) is 2.53. The summed E-state index contributed by atoms with van der Waals surface area (Å²) in [5.41, 5.74) is 2.26. The van der Waals surface area contributed by atoms with Crippen molar-refractivity contribution in [3.05, 3.63) is 77.9 Å². The van der Waals surface area contributed by atoms with Gasteiger partial charge in [0.05, 0.1) is 6.61 Å². The van der Waals surface area contributed by atoms with Gasteiger partial charge in [-0.3, -0.25) is 0 Å². The second-order valence-corrected chi connectivity index (χ2v) is 5.42. The molecular weight excluding hydrogens is 280 g/mol. The maximum Gasteiger partial charge on any atom is 0.331 e. The van der Waals surface area contributed by atoms with Crippen molar-refractivity contribution in [1.29, 1.82) is 0 Å². The van der Waals surface area contributed by atoms with E-state index in [0.29, 0.717) is 6.61 Å². The van der Waals surface area contributed by atoms with Crippen LogP contribution in [0.25, 0.3) is 4.91 Å². The molecular formula is C18H18O2S. The molecule has 0 bridgehead atoms. The number of carbonyl (C=O) groups is 1. The first-order valence-electron chi connectivity index (χ1n) is 6.90. The summed E-state index contributed by atoms with van der Waals surface area (Å²) in [7, 11) is 0. The molecule has 0 aliphatic carbocycles. The summed E-state index contributed by atoms with van der Waals surface area (Å²) in [6.45, 7) is 2.20. The van der Waals surface area contributed by atoms with Gasteiger partial charge in [-0.25, -0.2) is 4.79 Å². The van der Waals surface area contributed by atoms with Crippen LogP contribution in [0.5, 0.6) is 0 Å². The number of benzene rings is 2. The van der Waals surface area contributed by atoms with Gasteiger partial charge >= 0.3 is 5.97 Å². The fourth-order valence-electron chi connectivity index (χ4n) is 1.84. The monoisotopic (exact) mass is 298 g/mol. The molecule has 3 heteroatoms. The van der Waals surface area contributed by atoms with E-state index < -0.39 is 0 Å². The Bertz CT molecular complexity index is 591. The Kier molecular flexibility index (Phi) is 6.10. The van der Waals surface area contributed by atoms with Gasteiger partial charge in [-0.05, 0) is 18.1 Å². The number of hydrogen-bond acceptors (Lipinski definition) is 3. The zero-order valence-electron chi connectivity index (χ0n) is 12.0. The first kappa shape index (κ1) is 15.4. The molecule has 2 rings (SSSR count). The van der Waals surface area contributed by atoms with Crippen LogP contribution >= 0.6 is 11.8 Å². The Balaban J connectivity index is 2.14. The third-order valence-corrected chi connectivity index (χ3v) is 3.97. The number of carbonyl (C=O) groups excluding carboxylic acids is 1. The van der Waals surface area contributed by atoms with Crippen LogP contribution in [0.2, 0.25) is 0 Å². The molecule has 2 nitrogen and oxygen atoms in total. The lowest BCUT2D eigenvalue weighted by molar-refractivity contribution is -0.137. The SMILES string of the molecule is CCOC(=O)C=C(SCc1ccccc1)c1ccccc1. The van der Waals surface area contributed by atoms with Gasteiger partial charge in [0.25, 0.3) is 0 Å². The minimum atomic E-state index is -0.295. The Labute approximate surface area is 129 Å². The second-order valence-electron chi connectivity index (χ2n) is 4.40. The molecule has 2 aromatic rings. The summed E-state index contributed by atoms with van der Waals surface area (Å²) in [4.78, 5) is 12.7. The number of hydrogen-bond donors (Lipinski definition) is 0. The van der Waals surface area contributed by atoms with Crippen molar-refractivity contribution >= 4 is 22.6 Å². The minimum Gasteiger partial charge on any atom is -0.463 e. The van der Waals surface area contributed by atoms with Gasteiger partial charge in [0.15, 0.2) is 0 Å². The molecule has 0 aliphatic rings. The molecule has 0 N–H and O–H groups in total. The smallest absolute Gasteiger partial charge is 0.331 e. The minimum absolute atomic E-state index is 0.295. The van der Waals surface area contributed by atoms with Crippen LogP contribution in [-0.2, 0) is 15.3 Å². The van der Waals surface area contributed by atoms with Gasteiger partial charge < -0.3 is 4.74 Å². The Morgan fingerprint density at radius 3 is 2.29 bits per heavy atom. The lowest BCUT2D eigenvalue weighted by atomic mass is 10.2. The summed E-state index contributed by atoms with van der Waals surface area (Å²) in [5, 5.41) is 0. The van der Waals surface area contributed by atoms with Crippen molar-refractivity contribution < 1.29 is 9.53 Å². The van der Waals surface area contributed by atoms with E-state index in [2.05, 4.69) is 12.1 Å². The quantitative estimate of drug-likeness (QED) is 0.579. The van der Waals surface area contributed by atoms with E-state index in [9.17, 15) is 4.79 Å². The zero-order valence-corrected chi connectivity index (χ0v) is 12.8. The summed E-state index contributed by atoms with van der Waals surface area (Å²) >= 11 is 1.64. The standard InChI is InChI=1S/C18H18O2S/c1-2-20-18(19)13-17(16-11-7-4-8-12-16)21-14-15-9-5-3-6-10-15/h3-13H,2,14H2,1H3. The lowest BCUT2D eigenvalue weighted by Crippen LogP contribution is -2.00. The second kappa shape index (κ2) is 8.32. The highest BCUT2D eigenvalue weighted by atomic mass is 32.2. The molecule has 0 saturated heterocycles. The molecule has 2 aromatic carbocycles. The van der Waals surface area contributed by atoms with Crippen LogP contribution in [0.3, 0.4) is 0 Å². The van der Waals surface area contributed by atoms with Crippen LogP contribution in [0, 0.1) is 0 Å². The topological polar surface area (TPSA) is 26.3 Å². The zero-order chi connectivity index (χ0) is 14.9. The van der Waals surface area contributed by atoms with Crippen LogP contribution in [0.15, 0.2) is 66.7 Å². The van der Waals surface area contributed by atoms with Gasteiger partial charge in [0.2, 0.25) is 0 Å². The van der Waals surface area contributed by atoms with Crippen LogP contribution in [-0.4, -0.2) is 12.6 Å². The number of esters is 1. The first-order chi connectivity index (χ1) is 10.3. The molecule has 0 radical (unpaired) electrons. The molecule has 0 atom stereocenters. The van der Waals surface area contributed by atoms with Gasteiger partial charge in [-0.2, -0.15) is 0 Å². The normalized spacial score (nSPS) is 11.2. The molecule has 0 aliphatic heterocycles. The lowest BCUT2D eigenvalue weighted by Gasteiger charge is -2.08. The van der Waals surface area contributed by atoms with E-state index in [1.165, 1.54) is 5.56 Å². The molecule has 0 unspecified atom stereocenters. The Hall–Kier alpha value is -2.00. The van der Waals surface area contributed by atoms with Crippen molar-refractivity contribution in [1.82, 2.24) is 0 Å². The van der Waals surface area contributed by atoms with E-state index in [-0.39, 0.29) is 5.97 Å². The van der Waals surface area contributed by atoms with Gasteiger partial charge in [0.1, 0.15) is 0 Å². The Morgan fingerprint density at radius 1 is 1.05 bits per heavy atom. The molecule has 0 aromatic heterocycles. The summed E-state index contributed by atoms with van der Waals surface area (Å²) in [6, 6.07) is 20.1. The number of ether oxygens (including phenoxy) is 1. The van der Waals surface area contributed by atoms with Crippen LogP contribution in [0.1, 0.15) is 18.1 Å². The summed E-state index contributed by atoms with van der Waals surface area (Å²) < 4.78 is 5.02. The van der Waals surface area contributed by atoms with Crippen LogP contribution < -0.4 is 0 Å². The third-order valence-electron chi connectivity index (χ3n) is 2.83. The molecule has 0 saturated carbocycles. The van der Waals surface area contributed by atoms with Gasteiger partial charge in [-0.1, -0.05) is 60.7 Å². The maximum atomic E-state index is 11.7. The van der Waals surface area contributed by atoms with E-state index >= 15 is 0 Å². The van der Waals surface area contributed by atoms with Crippen molar-refractivity contribution in [3.63, 3.8) is 0 Å². The van der Waals surface area contributed by atoms with E-state index in [0.717, 1.165) is 16.2 Å². The highest BCUT2D eigenvalue weighted by Crippen LogP contribution is 2.30. The van der Waals surface area contributed by atoms with E-state index in [1.807, 2.05) is 55.5 Å². The fraction of sp³-hybridized carbons (Fsp3) is 0.167. The highest BCUT2D eigenvalue weighted by molar-refractivity contribution is 8.07. The molecule has 0 amide bonds. The molecule has 0 spiro atoms. The maximum absolute atomic E-state index is 11.7. The van der Waals surface area contributed by atoms with Gasteiger partial charge in [0, 0.05) is 16.7 Å². The fourth-order valence-corrected chi connectivity index (χ4v) is 2.83. The number of rotatable bonds is 6. The van der Waals surface area contributed by atoms with Crippen LogP contribution in [0.4, 0.5) is 0 Å². The Morgan fingerprint density at radius 2 is 1.67 bits per heavy atom. The molecule has 108 valence electrons. The van der Waals surface area contributed by atoms with E-state index in [1.54, 1.807) is 17.8 Å². The molecule has 0 fully saturated rings. The predicted octanol–water partition coefficient (Wildman–Crippen LogP) is 4.52. The molecule has 21 heavy (non-hydrogen) atoms. The average molecular weight is 298 g/mol. The van der Waals surface area contributed by atoms with Crippen molar-refractivity contribution in [2.45, 2.75) is 12.7 Å².